The molecule has 1 N–H and O–H groups in total. The number of aromatic nitrogens is 5. The molecule has 0 radical (unpaired) electrons. The molecule has 3 aromatic heterocycles. The van der Waals surface area contributed by atoms with E-state index in [0.717, 1.165) is 42.1 Å². The largest absolute Gasteiger partial charge is 0.459 e. The molecule has 37 heavy (non-hydrogen) atoms. The van der Waals surface area contributed by atoms with Crippen molar-refractivity contribution in [3.05, 3.63) is 75.7 Å². The lowest BCUT2D eigenvalue weighted by Gasteiger charge is -2.38. The summed E-state index contributed by atoms with van der Waals surface area (Å²) in [4.78, 5) is 33.5. The number of furan rings is 1. The zero-order chi connectivity index (χ0) is 25.4. The van der Waals surface area contributed by atoms with Crippen LogP contribution in [0.5, 0.6) is 0 Å². The van der Waals surface area contributed by atoms with Crippen molar-refractivity contribution < 1.29 is 9.21 Å². The summed E-state index contributed by atoms with van der Waals surface area (Å²) in [6.07, 6.45) is 7.11. The molecule has 192 valence electrons. The van der Waals surface area contributed by atoms with Gasteiger partial charge >= 0.3 is 0 Å². The number of hydrogen-bond acceptors (Lipinski definition) is 7. The number of nitrogens with zero attached hydrogens (tertiary/aromatic N) is 6. The van der Waals surface area contributed by atoms with Crippen LogP contribution >= 0.6 is 0 Å². The minimum atomic E-state index is -0.424. The Morgan fingerprint density at radius 3 is 2.65 bits per heavy atom. The number of piperazine rings is 1. The van der Waals surface area contributed by atoms with Crippen LogP contribution in [-0.2, 0) is 0 Å². The smallest absolute Gasteiger partial charge is 0.289 e. The summed E-state index contributed by atoms with van der Waals surface area (Å²) >= 11 is 0. The van der Waals surface area contributed by atoms with Gasteiger partial charge in [0, 0.05) is 37.3 Å². The monoisotopic (exact) mass is 501 g/mol. The Balaban J connectivity index is 1.37. The van der Waals surface area contributed by atoms with Gasteiger partial charge in [0.2, 0.25) is 0 Å². The number of hydrogen-bond donors (Lipinski definition) is 1. The van der Waals surface area contributed by atoms with Crippen LogP contribution in [0.3, 0.4) is 0 Å². The van der Waals surface area contributed by atoms with Gasteiger partial charge in [-0.25, -0.2) is 4.68 Å². The van der Waals surface area contributed by atoms with Crippen molar-refractivity contribution >= 4 is 16.8 Å². The maximum Gasteiger partial charge on any atom is 0.289 e. The highest BCUT2D eigenvalue weighted by molar-refractivity contribution is 5.91. The normalized spacial score (nSPS) is 18.4. The molecule has 1 saturated carbocycles. The van der Waals surface area contributed by atoms with E-state index in [2.05, 4.69) is 25.4 Å². The van der Waals surface area contributed by atoms with Crippen LogP contribution in [0.1, 0.15) is 71.7 Å². The maximum absolute atomic E-state index is 13.5. The predicted octanol–water partition coefficient (Wildman–Crippen LogP) is 3.47. The average Bonchev–Trinajstić information content (AvgIpc) is 3.63. The molecule has 4 aromatic rings. The predicted molar refractivity (Wildman–Crippen MR) is 137 cm³/mol. The van der Waals surface area contributed by atoms with Gasteiger partial charge in [0.1, 0.15) is 6.04 Å². The van der Waals surface area contributed by atoms with Crippen LogP contribution in [0.2, 0.25) is 0 Å². The number of carbonyl (C=O) groups excluding carboxylic acids is 1. The number of tetrazole rings is 1. The summed E-state index contributed by atoms with van der Waals surface area (Å²) in [5.74, 6) is 0.911. The van der Waals surface area contributed by atoms with E-state index in [1.807, 2.05) is 35.9 Å². The number of nitrogens with one attached hydrogen (secondary N) is 1. The van der Waals surface area contributed by atoms with Crippen LogP contribution in [-0.4, -0.2) is 67.1 Å². The molecule has 1 amide bonds. The third-order valence-electron chi connectivity index (χ3n) is 7.71. The lowest BCUT2D eigenvalue weighted by atomic mass is 9.95. The van der Waals surface area contributed by atoms with Gasteiger partial charge in [-0.3, -0.25) is 14.5 Å². The molecule has 1 aliphatic carbocycles. The lowest BCUT2D eigenvalue weighted by molar-refractivity contribution is 0.0556. The van der Waals surface area contributed by atoms with Crippen molar-refractivity contribution in [1.29, 1.82) is 0 Å². The second-order valence-electron chi connectivity index (χ2n) is 10.1. The molecule has 2 fully saturated rings. The van der Waals surface area contributed by atoms with Crippen molar-refractivity contribution in [2.75, 3.05) is 26.2 Å². The van der Waals surface area contributed by atoms with Crippen molar-refractivity contribution in [3.8, 4) is 0 Å². The highest BCUT2D eigenvalue weighted by Crippen LogP contribution is 2.33. The summed E-state index contributed by atoms with van der Waals surface area (Å²) < 4.78 is 7.27. The van der Waals surface area contributed by atoms with Gasteiger partial charge in [0.25, 0.3) is 11.5 Å². The van der Waals surface area contributed by atoms with E-state index in [1.54, 1.807) is 17.0 Å². The Morgan fingerprint density at radius 1 is 1.08 bits per heavy atom. The number of rotatable bonds is 5. The SMILES string of the molecule is Cc1ccc2cc([C@@H](c3nnnn3C3CCCCC3)N3CCN(C(=O)c4ccco4)CC3)c(=O)[nH]c2c1. The van der Waals surface area contributed by atoms with Crippen LogP contribution in [0.4, 0.5) is 0 Å². The standard InChI is InChI=1S/C27H31N7O3/c1-18-9-10-19-17-21(26(35)28-22(19)16-18)24(25-29-30-31-34(25)20-6-3-2-4-7-20)32-11-13-33(14-12-32)27(36)23-8-5-15-37-23/h5,8-10,15-17,20,24H,2-4,6-7,11-14H2,1H3,(H,28,35)/t24-/m0/s1. The quantitative estimate of drug-likeness (QED) is 0.445. The highest BCUT2D eigenvalue weighted by Gasteiger charge is 2.35. The molecule has 4 heterocycles. The van der Waals surface area contributed by atoms with E-state index in [9.17, 15) is 9.59 Å². The zero-order valence-electron chi connectivity index (χ0n) is 21.0. The van der Waals surface area contributed by atoms with E-state index >= 15 is 0 Å². The van der Waals surface area contributed by atoms with Crippen molar-refractivity contribution in [1.82, 2.24) is 35.0 Å². The summed E-state index contributed by atoms with van der Waals surface area (Å²) in [5, 5.41) is 13.9. The molecule has 1 saturated heterocycles. The summed E-state index contributed by atoms with van der Waals surface area (Å²) in [6, 6.07) is 11.2. The molecule has 0 unspecified atom stereocenters. The van der Waals surface area contributed by atoms with E-state index in [0.29, 0.717) is 43.3 Å². The molecular weight excluding hydrogens is 470 g/mol. The van der Waals surface area contributed by atoms with Crippen molar-refractivity contribution in [2.45, 2.75) is 51.1 Å². The number of aromatic amines is 1. The average molecular weight is 502 g/mol. The number of aryl methyl sites for hydroxylation is 1. The van der Waals surface area contributed by atoms with E-state index in [-0.39, 0.29) is 17.5 Å². The number of fused-ring (bicyclic) bond motifs is 1. The Morgan fingerprint density at radius 2 is 1.89 bits per heavy atom. The minimum Gasteiger partial charge on any atom is -0.459 e. The molecule has 0 spiro atoms. The number of H-pyrrole nitrogens is 1. The van der Waals surface area contributed by atoms with E-state index in [1.165, 1.54) is 12.7 Å². The molecule has 1 aromatic carbocycles. The Kier molecular flexibility index (Phi) is 6.33. The second-order valence-corrected chi connectivity index (χ2v) is 10.1. The zero-order valence-corrected chi connectivity index (χ0v) is 21.0. The van der Waals surface area contributed by atoms with E-state index in [4.69, 9.17) is 4.42 Å². The van der Waals surface area contributed by atoms with Gasteiger partial charge in [0.15, 0.2) is 11.6 Å². The fourth-order valence-electron chi connectivity index (χ4n) is 5.74. The number of carbonyl (C=O) groups is 1. The number of pyridine rings is 1. The Hall–Kier alpha value is -3.79. The molecule has 0 bridgehead atoms. The molecule has 10 nitrogen and oxygen atoms in total. The Bertz CT molecular complexity index is 1440. The first-order valence-corrected chi connectivity index (χ1v) is 13.1. The molecule has 2 aliphatic rings. The van der Waals surface area contributed by atoms with Crippen LogP contribution in [0, 0.1) is 6.92 Å². The first-order chi connectivity index (χ1) is 18.1. The van der Waals surface area contributed by atoms with Crippen LogP contribution in [0.15, 0.2) is 51.9 Å². The van der Waals surface area contributed by atoms with Gasteiger partial charge in [-0.15, -0.1) is 5.10 Å². The highest BCUT2D eigenvalue weighted by atomic mass is 16.3. The van der Waals surface area contributed by atoms with Gasteiger partial charge in [0.05, 0.1) is 12.3 Å². The summed E-state index contributed by atoms with van der Waals surface area (Å²) in [7, 11) is 0. The van der Waals surface area contributed by atoms with Gasteiger partial charge in [-0.2, -0.15) is 0 Å². The maximum atomic E-state index is 13.5. The van der Waals surface area contributed by atoms with Gasteiger partial charge in [-0.05, 0) is 65.4 Å². The van der Waals surface area contributed by atoms with Gasteiger partial charge < -0.3 is 14.3 Å². The first kappa shape index (κ1) is 23.6. The minimum absolute atomic E-state index is 0.118. The lowest BCUT2D eigenvalue weighted by Crippen LogP contribution is -2.51. The summed E-state index contributed by atoms with van der Waals surface area (Å²) in [5.41, 5.74) is 2.38. The third kappa shape index (κ3) is 4.57. The molecule has 6 rings (SSSR count). The van der Waals surface area contributed by atoms with Crippen LogP contribution in [0.25, 0.3) is 10.9 Å². The third-order valence-corrected chi connectivity index (χ3v) is 7.71. The van der Waals surface area contributed by atoms with Crippen molar-refractivity contribution in [2.24, 2.45) is 0 Å². The van der Waals surface area contributed by atoms with Crippen molar-refractivity contribution in [3.63, 3.8) is 0 Å². The topological polar surface area (TPSA) is 113 Å². The molecular formula is C27H31N7O3. The number of amides is 1. The molecule has 1 atom stereocenters. The fourth-order valence-corrected chi connectivity index (χ4v) is 5.74. The number of benzene rings is 1. The Labute approximate surface area is 214 Å². The first-order valence-electron chi connectivity index (χ1n) is 13.1. The molecule has 10 heteroatoms. The van der Waals surface area contributed by atoms with Gasteiger partial charge in [-0.1, -0.05) is 31.4 Å². The second kappa shape index (κ2) is 9.93. The van der Waals surface area contributed by atoms with Crippen LogP contribution < -0.4 is 5.56 Å². The molecule has 1 aliphatic heterocycles. The fraction of sp³-hybridized carbons (Fsp3) is 0.444. The van der Waals surface area contributed by atoms with E-state index < -0.39 is 6.04 Å². The summed E-state index contributed by atoms with van der Waals surface area (Å²) in [6.45, 7) is 4.22.